The van der Waals surface area contributed by atoms with Gasteiger partial charge >= 0.3 is 5.97 Å². The lowest BCUT2D eigenvalue weighted by Crippen LogP contribution is -2.53. The molecular formula is C33H31Cl2FN4O3. The summed E-state index contributed by atoms with van der Waals surface area (Å²) < 4.78 is 18.3. The Balaban J connectivity index is 0.00000300. The molecule has 3 aromatic carbocycles. The minimum absolute atomic E-state index is 0. The molecule has 1 aromatic heterocycles. The number of hydrogen-bond acceptors (Lipinski definition) is 4. The normalized spacial score (nSPS) is 25.8. The first-order chi connectivity index (χ1) is 20.2. The van der Waals surface area contributed by atoms with Crippen LogP contribution in [0.1, 0.15) is 71.4 Å². The molecule has 1 aliphatic carbocycles. The summed E-state index contributed by atoms with van der Waals surface area (Å²) in [5.41, 5.74) is 2.91. The van der Waals surface area contributed by atoms with Gasteiger partial charge in [-0.25, -0.2) is 14.2 Å². The van der Waals surface area contributed by atoms with Gasteiger partial charge in [0.05, 0.1) is 21.6 Å². The van der Waals surface area contributed by atoms with E-state index in [9.17, 15) is 14.7 Å². The lowest BCUT2D eigenvalue weighted by atomic mass is 9.70. The second-order valence-electron chi connectivity index (χ2n) is 12.0. The van der Waals surface area contributed by atoms with Crippen LogP contribution >= 0.6 is 23.2 Å². The van der Waals surface area contributed by atoms with Gasteiger partial charge in [-0.15, -0.1) is 0 Å². The van der Waals surface area contributed by atoms with Crippen molar-refractivity contribution in [1.29, 1.82) is 0 Å². The van der Waals surface area contributed by atoms with Gasteiger partial charge in [0, 0.05) is 47.2 Å². The summed E-state index contributed by atoms with van der Waals surface area (Å²) in [5.74, 6) is -1.56. The van der Waals surface area contributed by atoms with Crippen molar-refractivity contribution in [3.8, 4) is 0 Å². The Hall–Kier alpha value is -3.46. The van der Waals surface area contributed by atoms with Crippen molar-refractivity contribution in [2.75, 3.05) is 11.9 Å². The summed E-state index contributed by atoms with van der Waals surface area (Å²) in [6, 6.07) is 13.7. The van der Waals surface area contributed by atoms with Crippen molar-refractivity contribution < 1.29 is 19.1 Å². The maximum absolute atomic E-state index is 16.2. The number of aromatic nitrogens is 2. The van der Waals surface area contributed by atoms with Crippen molar-refractivity contribution in [1.82, 2.24) is 14.5 Å². The van der Waals surface area contributed by atoms with Crippen LogP contribution < -0.4 is 5.32 Å². The van der Waals surface area contributed by atoms with Crippen LogP contribution in [0.25, 0.3) is 11.0 Å². The van der Waals surface area contributed by atoms with Crippen LogP contribution in [-0.2, 0) is 16.9 Å². The zero-order chi connectivity index (χ0) is 29.1. The smallest absolute Gasteiger partial charge is 0.336 e. The number of imidazole rings is 1. The van der Waals surface area contributed by atoms with Crippen LogP contribution in [0.2, 0.25) is 10.0 Å². The van der Waals surface area contributed by atoms with Gasteiger partial charge in [0.15, 0.2) is 0 Å². The zero-order valence-corrected chi connectivity index (χ0v) is 24.2. The Morgan fingerprint density at radius 3 is 2.70 bits per heavy atom. The van der Waals surface area contributed by atoms with Crippen LogP contribution in [-0.4, -0.2) is 44.0 Å². The SMILES string of the molecule is C.Cc1c(C(=O)O)ccc2nc3n(c12)CC[C@H]1[C@@H]3[C@H](c2cccc(Cl)c2F)[C@]2(C(=O)Nc3cc(Cl)ccc32)N1CC1CC1. The van der Waals surface area contributed by atoms with Gasteiger partial charge in [0.25, 0.3) is 0 Å². The Labute approximate surface area is 258 Å². The number of carbonyl (C=O) groups is 2. The monoisotopic (exact) mass is 620 g/mol. The third-order valence-corrected chi connectivity index (χ3v) is 10.4. The van der Waals surface area contributed by atoms with E-state index in [4.69, 9.17) is 28.2 Å². The van der Waals surface area contributed by atoms with E-state index < -0.39 is 23.2 Å². The average molecular weight is 622 g/mol. The molecule has 4 aliphatic rings. The van der Waals surface area contributed by atoms with E-state index >= 15 is 4.39 Å². The molecule has 0 bridgehead atoms. The molecule has 1 amide bonds. The number of aryl methyl sites for hydroxylation is 2. The Bertz CT molecular complexity index is 1850. The molecule has 0 unspecified atom stereocenters. The fourth-order valence-corrected chi connectivity index (χ4v) is 8.44. The van der Waals surface area contributed by atoms with Gasteiger partial charge in [-0.2, -0.15) is 0 Å². The fourth-order valence-electron chi connectivity index (χ4n) is 8.08. The highest BCUT2D eigenvalue weighted by atomic mass is 35.5. The molecule has 1 saturated heterocycles. The summed E-state index contributed by atoms with van der Waals surface area (Å²) in [6.45, 7) is 3.12. The summed E-state index contributed by atoms with van der Waals surface area (Å²) in [5, 5.41) is 13.4. The molecule has 2 fully saturated rings. The maximum Gasteiger partial charge on any atom is 0.336 e. The van der Waals surface area contributed by atoms with Crippen LogP contribution in [0.4, 0.5) is 10.1 Å². The van der Waals surface area contributed by atoms with Gasteiger partial charge in [-0.1, -0.05) is 48.8 Å². The number of aromatic carboxylic acids is 1. The van der Waals surface area contributed by atoms with Gasteiger partial charge in [-0.05, 0) is 73.6 Å². The molecule has 1 spiro atoms. The lowest BCUT2D eigenvalue weighted by molar-refractivity contribution is -0.128. The van der Waals surface area contributed by atoms with E-state index in [1.165, 1.54) is 6.07 Å². The molecule has 10 heteroatoms. The lowest BCUT2D eigenvalue weighted by Gasteiger charge is -2.40. The number of nitrogens with one attached hydrogen (secondary N) is 1. The van der Waals surface area contributed by atoms with Crippen LogP contribution in [0, 0.1) is 18.7 Å². The number of fused-ring (bicyclic) bond motifs is 7. The highest BCUT2D eigenvalue weighted by Crippen LogP contribution is 2.64. The third-order valence-electron chi connectivity index (χ3n) is 9.90. The number of anilines is 1. The van der Waals surface area contributed by atoms with Crippen molar-refractivity contribution >= 4 is 51.8 Å². The number of carbonyl (C=O) groups excluding carboxylic acids is 1. The number of halogens is 3. The molecule has 8 rings (SSSR count). The van der Waals surface area contributed by atoms with E-state index in [0.717, 1.165) is 29.7 Å². The van der Waals surface area contributed by atoms with Crippen molar-refractivity contribution in [3.63, 3.8) is 0 Å². The van der Waals surface area contributed by atoms with Crippen LogP contribution in [0.3, 0.4) is 0 Å². The molecule has 3 aliphatic heterocycles. The standard InChI is InChI=1S/C32H27Cl2FN4O3.CH4/c1-15-18(30(40)41)8-10-22-28(15)38-12-11-24-25(29(38)36-22)26(19-3-2-4-21(34)27(19)35)32(39(24)14-16-5-6-16)20-9-7-17(33)13-23(20)37-31(32)42;/h2-4,7-10,13,16,24-26H,5-6,11-12,14H2,1H3,(H,37,42)(H,40,41);1H4/t24-,25+,26-,32+;/m0./s1. The summed E-state index contributed by atoms with van der Waals surface area (Å²) in [6.07, 6.45) is 2.87. The van der Waals surface area contributed by atoms with Gasteiger partial charge in [0.1, 0.15) is 17.2 Å². The molecule has 222 valence electrons. The maximum atomic E-state index is 16.2. The molecule has 4 atom stereocenters. The number of hydrogen-bond donors (Lipinski definition) is 2. The first-order valence-electron chi connectivity index (χ1n) is 14.3. The number of rotatable bonds is 4. The Morgan fingerprint density at radius 1 is 1.16 bits per heavy atom. The van der Waals surface area contributed by atoms with Crippen molar-refractivity contribution in [3.05, 3.63) is 92.5 Å². The number of nitrogens with zero attached hydrogens (tertiary/aromatic N) is 3. The largest absolute Gasteiger partial charge is 0.478 e. The van der Waals surface area contributed by atoms with Gasteiger partial charge in [-0.3, -0.25) is 9.69 Å². The van der Waals surface area contributed by atoms with E-state index in [2.05, 4.69) is 14.8 Å². The quantitative estimate of drug-likeness (QED) is 0.249. The first kappa shape index (κ1) is 28.3. The highest BCUT2D eigenvalue weighted by molar-refractivity contribution is 6.31. The minimum Gasteiger partial charge on any atom is -0.478 e. The van der Waals surface area contributed by atoms with E-state index in [1.807, 2.05) is 6.07 Å². The number of likely N-dealkylation sites (tertiary alicyclic amines) is 1. The summed E-state index contributed by atoms with van der Waals surface area (Å²) in [4.78, 5) is 33.9. The molecule has 0 radical (unpaired) electrons. The molecular weight excluding hydrogens is 590 g/mol. The fraction of sp³-hybridized carbons (Fsp3) is 0.364. The van der Waals surface area contributed by atoms with Gasteiger partial charge < -0.3 is 15.0 Å². The first-order valence-corrected chi connectivity index (χ1v) is 15.0. The predicted octanol–water partition coefficient (Wildman–Crippen LogP) is 7.34. The van der Waals surface area contributed by atoms with E-state index in [0.29, 0.717) is 52.8 Å². The summed E-state index contributed by atoms with van der Waals surface area (Å²) >= 11 is 12.8. The zero-order valence-electron chi connectivity index (χ0n) is 22.7. The van der Waals surface area contributed by atoms with Crippen molar-refractivity contribution in [2.24, 2.45) is 5.92 Å². The number of carboxylic acid groups (broad SMARTS) is 1. The van der Waals surface area contributed by atoms with Gasteiger partial charge in [0.2, 0.25) is 5.91 Å². The van der Waals surface area contributed by atoms with E-state index in [1.54, 1.807) is 43.3 Å². The number of carboxylic acids is 1. The topological polar surface area (TPSA) is 87.5 Å². The molecule has 4 heterocycles. The molecule has 43 heavy (non-hydrogen) atoms. The second-order valence-corrected chi connectivity index (χ2v) is 12.9. The summed E-state index contributed by atoms with van der Waals surface area (Å²) in [7, 11) is 0. The number of benzene rings is 3. The molecule has 4 aromatic rings. The van der Waals surface area contributed by atoms with E-state index in [-0.39, 0.29) is 35.9 Å². The predicted molar refractivity (Wildman–Crippen MR) is 165 cm³/mol. The molecule has 7 nitrogen and oxygen atoms in total. The Morgan fingerprint density at radius 2 is 1.95 bits per heavy atom. The van der Waals surface area contributed by atoms with Crippen LogP contribution in [0.5, 0.6) is 0 Å². The molecule has 1 saturated carbocycles. The van der Waals surface area contributed by atoms with Crippen molar-refractivity contribution in [2.45, 2.75) is 63.6 Å². The number of amides is 1. The Kier molecular flexibility index (Phi) is 6.44. The second kappa shape index (κ2) is 9.78. The highest BCUT2D eigenvalue weighted by Gasteiger charge is 2.69. The average Bonchev–Trinajstić information content (AvgIpc) is 3.53. The minimum atomic E-state index is -1.21. The molecule has 2 N–H and O–H groups in total. The van der Waals surface area contributed by atoms with Crippen LogP contribution in [0.15, 0.2) is 48.5 Å². The third kappa shape index (κ3) is 3.79.